The van der Waals surface area contributed by atoms with Crippen LogP contribution < -0.4 is 15.6 Å². The standard InChI is InChI=1S/C26H26FN7O2/c1-18(27)14-25(35)31-20-4-8-29-23(15-20)26-22-5-7-28-16-19(22)6-9-34(26)32-21-2-3-24(30-17-21)33-10-12-36-13-11-33/h2-9,14-17,26,32H,10-13H2,1H3,(H,29,31,35)/b18-14+. The molecule has 3 aromatic rings. The Morgan fingerprint density at radius 1 is 1.11 bits per heavy atom. The highest BCUT2D eigenvalue weighted by molar-refractivity contribution is 5.99. The minimum Gasteiger partial charge on any atom is -0.378 e. The fourth-order valence-corrected chi connectivity index (χ4v) is 4.22. The lowest BCUT2D eigenvalue weighted by atomic mass is 9.96. The number of amides is 1. The highest BCUT2D eigenvalue weighted by Gasteiger charge is 2.27. The van der Waals surface area contributed by atoms with Crippen LogP contribution in [-0.2, 0) is 9.53 Å². The van der Waals surface area contributed by atoms with Crippen LogP contribution in [0, 0.1) is 0 Å². The van der Waals surface area contributed by atoms with E-state index < -0.39 is 11.7 Å². The summed E-state index contributed by atoms with van der Waals surface area (Å²) in [4.78, 5) is 27.7. The molecule has 1 saturated heterocycles. The number of nitrogens with zero attached hydrogens (tertiary/aromatic N) is 5. The molecule has 0 bridgehead atoms. The highest BCUT2D eigenvalue weighted by Crippen LogP contribution is 2.35. The Morgan fingerprint density at radius 2 is 1.97 bits per heavy atom. The van der Waals surface area contributed by atoms with Crippen LogP contribution >= 0.6 is 0 Å². The van der Waals surface area contributed by atoms with Crippen molar-refractivity contribution in [3.8, 4) is 0 Å². The fourth-order valence-electron chi connectivity index (χ4n) is 4.22. The Balaban J connectivity index is 1.41. The lowest BCUT2D eigenvalue weighted by molar-refractivity contribution is -0.112. The van der Waals surface area contributed by atoms with Gasteiger partial charge in [-0.3, -0.25) is 25.2 Å². The molecule has 2 aliphatic rings. The third-order valence-corrected chi connectivity index (χ3v) is 5.87. The number of fused-ring (bicyclic) bond motifs is 1. The first-order valence-corrected chi connectivity index (χ1v) is 11.6. The van der Waals surface area contributed by atoms with Crippen LogP contribution in [0.5, 0.6) is 0 Å². The van der Waals surface area contributed by atoms with E-state index in [9.17, 15) is 9.18 Å². The topological polar surface area (TPSA) is 95.5 Å². The van der Waals surface area contributed by atoms with Gasteiger partial charge in [-0.1, -0.05) is 0 Å². The number of hydrogen-bond acceptors (Lipinski definition) is 8. The molecular weight excluding hydrogens is 461 g/mol. The maximum atomic E-state index is 13.1. The molecular formula is C26H26FN7O2. The second-order valence-corrected chi connectivity index (χ2v) is 8.44. The zero-order valence-electron chi connectivity index (χ0n) is 19.8. The molecule has 1 atom stereocenters. The van der Waals surface area contributed by atoms with Crippen molar-refractivity contribution < 1.29 is 13.9 Å². The van der Waals surface area contributed by atoms with Crippen LogP contribution in [0.1, 0.15) is 29.8 Å². The van der Waals surface area contributed by atoms with E-state index in [2.05, 4.69) is 30.6 Å². The number of carbonyl (C=O) groups is 1. The smallest absolute Gasteiger partial charge is 0.250 e. The first-order chi connectivity index (χ1) is 17.6. The lowest BCUT2D eigenvalue weighted by Gasteiger charge is -2.35. The molecule has 1 amide bonds. The van der Waals surface area contributed by atoms with Gasteiger partial charge in [0.2, 0.25) is 0 Å². The van der Waals surface area contributed by atoms with Gasteiger partial charge in [-0.05, 0) is 48.9 Å². The van der Waals surface area contributed by atoms with E-state index in [1.807, 2.05) is 35.5 Å². The average molecular weight is 488 g/mol. The van der Waals surface area contributed by atoms with Gasteiger partial charge in [0, 0.05) is 55.2 Å². The van der Waals surface area contributed by atoms with E-state index in [1.165, 1.54) is 6.92 Å². The second-order valence-electron chi connectivity index (χ2n) is 8.44. The molecule has 184 valence electrons. The normalized spacial score (nSPS) is 17.5. The van der Waals surface area contributed by atoms with Gasteiger partial charge < -0.3 is 15.0 Å². The van der Waals surface area contributed by atoms with Gasteiger partial charge >= 0.3 is 0 Å². The summed E-state index contributed by atoms with van der Waals surface area (Å²) < 4.78 is 18.6. The van der Waals surface area contributed by atoms with Crippen molar-refractivity contribution in [2.75, 3.05) is 41.9 Å². The van der Waals surface area contributed by atoms with Crippen LogP contribution in [0.4, 0.5) is 21.6 Å². The molecule has 9 nitrogen and oxygen atoms in total. The van der Waals surface area contributed by atoms with Crippen LogP contribution in [0.15, 0.2) is 73.2 Å². The molecule has 0 saturated carbocycles. The third kappa shape index (κ3) is 5.33. The summed E-state index contributed by atoms with van der Waals surface area (Å²) in [5, 5.41) is 4.63. The molecule has 0 aromatic carbocycles. The Kier molecular flexibility index (Phi) is 6.85. The van der Waals surface area contributed by atoms with E-state index in [1.54, 1.807) is 36.9 Å². The van der Waals surface area contributed by atoms with Crippen molar-refractivity contribution >= 4 is 29.2 Å². The van der Waals surface area contributed by atoms with Crippen molar-refractivity contribution in [2.24, 2.45) is 0 Å². The summed E-state index contributed by atoms with van der Waals surface area (Å²) in [5.74, 6) is -0.195. The molecule has 1 fully saturated rings. The number of ether oxygens (including phenoxy) is 1. The molecule has 10 heteroatoms. The molecule has 2 aliphatic heterocycles. The molecule has 0 aliphatic carbocycles. The highest BCUT2D eigenvalue weighted by atomic mass is 19.1. The first-order valence-electron chi connectivity index (χ1n) is 11.6. The largest absolute Gasteiger partial charge is 0.378 e. The number of morpholine rings is 1. The number of hydrogen-bond donors (Lipinski definition) is 2. The van der Waals surface area contributed by atoms with Crippen LogP contribution in [0.3, 0.4) is 0 Å². The summed E-state index contributed by atoms with van der Waals surface area (Å²) >= 11 is 0. The van der Waals surface area contributed by atoms with E-state index in [-0.39, 0.29) is 6.04 Å². The minimum atomic E-state index is -0.566. The summed E-state index contributed by atoms with van der Waals surface area (Å²) in [6.45, 7) is 4.27. The molecule has 5 heterocycles. The summed E-state index contributed by atoms with van der Waals surface area (Å²) in [6.07, 6.45) is 11.8. The molecule has 2 N–H and O–H groups in total. The Bertz CT molecular complexity index is 1290. The van der Waals surface area contributed by atoms with Crippen LogP contribution in [0.2, 0.25) is 0 Å². The van der Waals surface area contributed by atoms with Crippen LogP contribution in [0.25, 0.3) is 6.08 Å². The molecule has 36 heavy (non-hydrogen) atoms. The Labute approximate surface area is 208 Å². The van der Waals surface area contributed by atoms with Gasteiger partial charge in [-0.15, -0.1) is 0 Å². The van der Waals surface area contributed by atoms with Crippen molar-refractivity contribution in [3.63, 3.8) is 0 Å². The predicted molar refractivity (Wildman–Crippen MR) is 136 cm³/mol. The molecule has 0 spiro atoms. The minimum absolute atomic E-state index is 0.317. The van der Waals surface area contributed by atoms with E-state index in [0.29, 0.717) is 24.6 Å². The second kappa shape index (κ2) is 10.5. The van der Waals surface area contributed by atoms with Gasteiger partial charge in [0.25, 0.3) is 5.91 Å². The van der Waals surface area contributed by atoms with E-state index >= 15 is 0 Å². The Morgan fingerprint density at radius 3 is 2.75 bits per heavy atom. The Hall–Kier alpha value is -4.31. The monoisotopic (exact) mass is 487 g/mol. The van der Waals surface area contributed by atoms with Gasteiger partial charge in [0.1, 0.15) is 17.7 Å². The van der Waals surface area contributed by atoms with Crippen molar-refractivity contribution in [2.45, 2.75) is 13.0 Å². The van der Waals surface area contributed by atoms with E-state index in [4.69, 9.17) is 4.74 Å². The number of nitrogens with one attached hydrogen (secondary N) is 2. The molecule has 0 radical (unpaired) electrons. The van der Waals surface area contributed by atoms with Gasteiger partial charge in [0.05, 0.1) is 30.8 Å². The maximum absolute atomic E-state index is 13.1. The third-order valence-electron chi connectivity index (χ3n) is 5.87. The number of hydrazine groups is 1. The van der Waals surface area contributed by atoms with Gasteiger partial charge in [-0.25, -0.2) is 9.37 Å². The number of aromatic nitrogens is 3. The SMILES string of the molecule is C/C(F)=C\C(=O)Nc1ccnc(C2c3ccncc3C=CN2Nc2ccc(N3CCOCC3)nc2)c1. The average Bonchev–Trinajstić information content (AvgIpc) is 2.89. The van der Waals surface area contributed by atoms with Crippen molar-refractivity contribution in [1.29, 1.82) is 0 Å². The zero-order valence-corrected chi connectivity index (χ0v) is 19.8. The number of halogens is 1. The number of pyridine rings is 3. The van der Waals surface area contributed by atoms with Gasteiger partial charge in [0.15, 0.2) is 0 Å². The zero-order chi connectivity index (χ0) is 24.9. The van der Waals surface area contributed by atoms with Crippen molar-refractivity contribution in [3.05, 3.63) is 90.0 Å². The molecule has 3 aromatic heterocycles. The number of allylic oxidation sites excluding steroid dienone is 1. The summed E-state index contributed by atoms with van der Waals surface area (Å²) in [6, 6.07) is 9.05. The molecule has 1 unspecified atom stereocenters. The lowest BCUT2D eigenvalue weighted by Crippen LogP contribution is -2.36. The molecule has 5 rings (SSSR count). The summed E-state index contributed by atoms with van der Waals surface area (Å²) in [7, 11) is 0. The number of carbonyl (C=O) groups excluding carboxylic acids is 1. The number of rotatable bonds is 6. The fraction of sp³-hybridized carbons (Fsp3) is 0.231. The van der Waals surface area contributed by atoms with Crippen LogP contribution in [-0.4, -0.2) is 52.2 Å². The van der Waals surface area contributed by atoms with E-state index in [0.717, 1.165) is 41.8 Å². The quantitative estimate of drug-likeness (QED) is 0.505. The number of anilines is 3. The van der Waals surface area contributed by atoms with Crippen molar-refractivity contribution in [1.82, 2.24) is 20.0 Å². The first kappa shape index (κ1) is 23.4. The van der Waals surface area contributed by atoms with Gasteiger partial charge in [-0.2, -0.15) is 0 Å². The predicted octanol–water partition coefficient (Wildman–Crippen LogP) is 3.92. The maximum Gasteiger partial charge on any atom is 0.250 e. The summed E-state index contributed by atoms with van der Waals surface area (Å²) in [5.41, 5.74) is 7.40.